The molecule has 0 amide bonds. The van der Waals surface area contributed by atoms with Crippen molar-refractivity contribution < 1.29 is 4.52 Å². The maximum atomic E-state index is 5.29. The number of halogens is 1. The molecule has 1 fully saturated rings. The molecular formula is C12H14BrN5O. The van der Waals surface area contributed by atoms with E-state index in [2.05, 4.69) is 41.3 Å². The summed E-state index contributed by atoms with van der Waals surface area (Å²) in [6, 6.07) is 3.77. The molecule has 0 radical (unpaired) electrons. The van der Waals surface area contributed by atoms with Crippen molar-refractivity contribution in [3.8, 4) is 11.5 Å². The highest BCUT2D eigenvalue weighted by molar-refractivity contribution is 9.10. The summed E-state index contributed by atoms with van der Waals surface area (Å²) in [6.07, 6.45) is 1.71. The molecule has 7 heteroatoms. The molecule has 0 unspecified atom stereocenters. The molecule has 1 aliphatic rings. The Bertz CT molecular complexity index is 553. The third-order valence-electron chi connectivity index (χ3n) is 3.01. The summed E-state index contributed by atoms with van der Waals surface area (Å²) in [6.45, 7) is 4.72. The Morgan fingerprint density at radius 1 is 1.37 bits per heavy atom. The Labute approximate surface area is 119 Å². The lowest BCUT2D eigenvalue weighted by molar-refractivity contribution is 0.203. The SMILES string of the molecule is Brc1cccnc1-c1noc(CN2CCNCC2)n1. The van der Waals surface area contributed by atoms with Gasteiger partial charge in [-0.1, -0.05) is 5.16 Å². The van der Waals surface area contributed by atoms with Crippen LogP contribution < -0.4 is 5.32 Å². The molecule has 3 heterocycles. The first-order valence-corrected chi connectivity index (χ1v) is 6.99. The smallest absolute Gasteiger partial charge is 0.241 e. The van der Waals surface area contributed by atoms with Crippen molar-refractivity contribution in [3.63, 3.8) is 0 Å². The van der Waals surface area contributed by atoms with Crippen LogP contribution in [0.3, 0.4) is 0 Å². The van der Waals surface area contributed by atoms with Gasteiger partial charge in [0, 0.05) is 36.8 Å². The molecule has 1 saturated heterocycles. The molecule has 3 rings (SSSR count). The lowest BCUT2D eigenvalue weighted by atomic mass is 10.3. The Morgan fingerprint density at radius 3 is 3.00 bits per heavy atom. The zero-order valence-corrected chi connectivity index (χ0v) is 11.9. The Kier molecular flexibility index (Phi) is 3.86. The van der Waals surface area contributed by atoms with Gasteiger partial charge in [-0.2, -0.15) is 4.98 Å². The average Bonchev–Trinajstić information content (AvgIpc) is 2.89. The molecule has 2 aromatic heterocycles. The first-order valence-electron chi connectivity index (χ1n) is 6.19. The molecule has 1 N–H and O–H groups in total. The fraction of sp³-hybridized carbons (Fsp3) is 0.417. The minimum Gasteiger partial charge on any atom is -0.337 e. The van der Waals surface area contributed by atoms with Crippen LogP contribution in [0, 0.1) is 0 Å². The fourth-order valence-corrected chi connectivity index (χ4v) is 2.46. The minimum absolute atomic E-state index is 0.526. The number of pyridine rings is 1. The van der Waals surface area contributed by atoms with Crippen molar-refractivity contribution in [2.45, 2.75) is 6.54 Å². The number of nitrogens with one attached hydrogen (secondary N) is 1. The highest BCUT2D eigenvalue weighted by Gasteiger charge is 2.16. The molecule has 0 spiro atoms. The largest absolute Gasteiger partial charge is 0.337 e. The second-order valence-electron chi connectivity index (χ2n) is 4.37. The van der Waals surface area contributed by atoms with E-state index < -0.39 is 0 Å². The van der Waals surface area contributed by atoms with Crippen molar-refractivity contribution in [1.29, 1.82) is 0 Å². The summed E-state index contributed by atoms with van der Waals surface area (Å²) < 4.78 is 6.16. The van der Waals surface area contributed by atoms with Crippen molar-refractivity contribution in [2.24, 2.45) is 0 Å². The Balaban J connectivity index is 1.74. The minimum atomic E-state index is 0.526. The summed E-state index contributed by atoms with van der Waals surface area (Å²) in [5.41, 5.74) is 0.706. The van der Waals surface area contributed by atoms with Crippen LogP contribution in [0.25, 0.3) is 11.5 Å². The van der Waals surface area contributed by atoms with Crippen LogP contribution in [0.5, 0.6) is 0 Å². The standard InChI is InChI=1S/C12H14BrN5O/c13-9-2-1-3-15-11(9)12-16-10(19-17-12)8-18-6-4-14-5-7-18/h1-3,14H,4-8H2. The number of nitrogens with zero attached hydrogens (tertiary/aromatic N) is 4. The number of hydrogen-bond acceptors (Lipinski definition) is 6. The van der Waals surface area contributed by atoms with Crippen LogP contribution in [0.2, 0.25) is 0 Å². The molecule has 1 aliphatic heterocycles. The van der Waals surface area contributed by atoms with E-state index in [4.69, 9.17) is 4.52 Å². The van der Waals surface area contributed by atoms with Gasteiger partial charge in [0.05, 0.1) is 6.54 Å². The van der Waals surface area contributed by atoms with Gasteiger partial charge < -0.3 is 9.84 Å². The van der Waals surface area contributed by atoms with Gasteiger partial charge in [-0.25, -0.2) is 0 Å². The third kappa shape index (κ3) is 2.99. The Hall–Kier alpha value is -1.31. The topological polar surface area (TPSA) is 67.1 Å². The van der Waals surface area contributed by atoms with Crippen LogP contribution in [0.15, 0.2) is 27.3 Å². The quantitative estimate of drug-likeness (QED) is 0.918. The monoisotopic (exact) mass is 323 g/mol. The van der Waals surface area contributed by atoms with Crippen molar-refractivity contribution in [1.82, 2.24) is 25.3 Å². The normalized spacial score (nSPS) is 16.7. The number of piperazine rings is 1. The average molecular weight is 324 g/mol. The molecule has 100 valence electrons. The lowest BCUT2D eigenvalue weighted by Gasteiger charge is -2.25. The van der Waals surface area contributed by atoms with Crippen LogP contribution in [0.4, 0.5) is 0 Å². The van der Waals surface area contributed by atoms with E-state index in [9.17, 15) is 0 Å². The van der Waals surface area contributed by atoms with Gasteiger partial charge in [0.15, 0.2) is 0 Å². The van der Waals surface area contributed by atoms with Crippen LogP contribution in [0.1, 0.15) is 5.89 Å². The summed E-state index contributed by atoms with van der Waals surface area (Å²) in [5.74, 6) is 1.16. The van der Waals surface area contributed by atoms with Crippen molar-refractivity contribution >= 4 is 15.9 Å². The molecule has 0 bridgehead atoms. The van der Waals surface area contributed by atoms with E-state index >= 15 is 0 Å². The van der Waals surface area contributed by atoms with Crippen molar-refractivity contribution in [2.75, 3.05) is 26.2 Å². The highest BCUT2D eigenvalue weighted by Crippen LogP contribution is 2.23. The molecule has 19 heavy (non-hydrogen) atoms. The van der Waals surface area contributed by atoms with Gasteiger partial charge in [0.1, 0.15) is 5.69 Å². The maximum Gasteiger partial charge on any atom is 0.241 e. The number of hydrogen-bond donors (Lipinski definition) is 1. The summed E-state index contributed by atoms with van der Waals surface area (Å²) in [5, 5.41) is 7.31. The summed E-state index contributed by atoms with van der Waals surface area (Å²) in [7, 11) is 0. The van der Waals surface area contributed by atoms with Gasteiger partial charge in [-0.3, -0.25) is 9.88 Å². The van der Waals surface area contributed by atoms with Gasteiger partial charge in [-0.05, 0) is 28.1 Å². The van der Waals surface area contributed by atoms with E-state index in [-0.39, 0.29) is 0 Å². The van der Waals surface area contributed by atoms with Gasteiger partial charge in [0.25, 0.3) is 0 Å². The highest BCUT2D eigenvalue weighted by atomic mass is 79.9. The predicted octanol–water partition coefficient (Wildman–Crippen LogP) is 1.30. The fourth-order valence-electron chi connectivity index (χ4n) is 2.03. The molecule has 6 nitrogen and oxygen atoms in total. The lowest BCUT2D eigenvalue weighted by Crippen LogP contribution is -2.42. The van der Waals surface area contributed by atoms with E-state index in [0.717, 1.165) is 30.7 Å². The summed E-state index contributed by atoms with van der Waals surface area (Å²) in [4.78, 5) is 10.9. The molecule has 0 saturated carbocycles. The molecule has 0 atom stereocenters. The second-order valence-corrected chi connectivity index (χ2v) is 5.23. The zero-order valence-electron chi connectivity index (χ0n) is 10.3. The van der Waals surface area contributed by atoms with Gasteiger partial charge in [-0.15, -0.1) is 0 Å². The van der Waals surface area contributed by atoms with Crippen LogP contribution in [-0.4, -0.2) is 46.2 Å². The first kappa shape index (κ1) is 12.7. The Morgan fingerprint density at radius 2 is 2.21 bits per heavy atom. The second kappa shape index (κ2) is 5.77. The van der Waals surface area contributed by atoms with Crippen LogP contribution in [-0.2, 0) is 6.54 Å². The number of aromatic nitrogens is 3. The van der Waals surface area contributed by atoms with E-state index in [1.165, 1.54) is 0 Å². The van der Waals surface area contributed by atoms with E-state index in [1.54, 1.807) is 6.20 Å². The molecule has 0 aromatic carbocycles. The van der Waals surface area contributed by atoms with Gasteiger partial charge >= 0.3 is 0 Å². The van der Waals surface area contributed by atoms with E-state index in [0.29, 0.717) is 24.0 Å². The maximum absolute atomic E-state index is 5.29. The summed E-state index contributed by atoms with van der Waals surface area (Å²) >= 11 is 3.44. The molecule has 0 aliphatic carbocycles. The van der Waals surface area contributed by atoms with Gasteiger partial charge in [0.2, 0.25) is 11.7 Å². The molecular weight excluding hydrogens is 310 g/mol. The molecule has 2 aromatic rings. The third-order valence-corrected chi connectivity index (χ3v) is 3.65. The van der Waals surface area contributed by atoms with E-state index in [1.807, 2.05) is 12.1 Å². The number of rotatable bonds is 3. The predicted molar refractivity (Wildman–Crippen MR) is 73.4 cm³/mol. The van der Waals surface area contributed by atoms with Crippen molar-refractivity contribution in [3.05, 3.63) is 28.7 Å². The van der Waals surface area contributed by atoms with Crippen LogP contribution >= 0.6 is 15.9 Å². The first-order chi connectivity index (χ1) is 9.33. The zero-order chi connectivity index (χ0) is 13.1.